The van der Waals surface area contributed by atoms with Gasteiger partial charge >= 0.3 is 16.4 Å². The fraction of sp³-hybridized carbons (Fsp3) is 1.00. The maximum absolute atomic E-state index is 11.8. The molecule has 0 aromatic rings. The minimum absolute atomic E-state index is 2.02. The number of thiol groups is 2. The number of hydrogen-bond acceptors (Lipinski definition) is 2. The van der Waals surface area contributed by atoms with Crippen LogP contribution >= 0.6 is 25.3 Å². The highest BCUT2D eigenvalue weighted by Gasteiger charge is 2.68. The molecule has 0 amide bonds. The standard InChI is InChI=1S/C3H2F6S2/c4-1(5,2(6,7)10)3(8,9)11/h10-11H. The molecule has 0 aliphatic heterocycles. The predicted molar refractivity (Wildman–Crippen MR) is 32.8 cm³/mol. The van der Waals surface area contributed by atoms with Crippen LogP contribution in [0.25, 0.3) is 0 Å². The lowest BCUT2D eigenvalue weighted by molar-refractivity contribution is -0.235. The van der Waals surface area contributed by atoms with Crippen LogP contribution in [-0.2, 0) is 0 Å². The summed E-state index contributed by atoms with van der Waals surface area (Å²) in [6, 6.07) is 0. The second-order valence-electron chi connectivity index (χ2n) is 1.66. The molecule has 8 heteroatoms. The van der Waals surface area contributed by atoms with Crippen LogP contribution in [0.15, 0.2) is 0 Å². The Balaban J connectivity index is 4.75. The normalized spacial score (nSPS) is 15.3. The summed E-state index contributed by atoms with van der Waals surface area (Å²) in [5.41, 5.74) is 0. The molecule has 0 saturated carbocycles. The van der Waals surface area contributed by atoms with E-state index < -0.39 is 16.4 Å². The summed E-state index contributed by atoms with van der Waals surface area (Å²) in [5, 5.41) is -10.2. The van der Waals surface area contributed by atoms with Crippen LogP contribution in [0.3, 0.4) is 0 Å². The Hall–Kier alpha value is 0.280. The van der Waals surface area contributed by atoms with Gasteiger partial charge in [-0.15, -0.1) is 0 Å². The zero-order valence-corrected chi connectivity index (χ0v) is 6.45. The van der Waals surface area contributed by atoms with E-state index in [4.69, 9.17) is 0 Å². The first-order valence-corrected chi connectivity index (χ1v) is 2.98. The number of rotatable bonds is 2. The van der Waals surface area contributed by atoms with E-state index in [2.05, 4.69) is 0 Å². The lowest BCUT2D eigenvalue weighted by atomic mass is 10.3. The van der Waals surface area contributed by atoms with Crippen LogP contribution in [0.2, 0.25) is 0 Å². The lowest BCUT2D eigenvalue weighted by Crippen LogP contribution is -2.48. The van der Waals surface area contributed by atoms with Gasteiger partial charge in [-0.1, -0.05) is 25.3 Å². The molecule has 11 heavy (non-hydrogen) atoms. The average Bonchev–Trinajstić information content (AvgIpc) is 1.58. The highest BCUT2D eigenvalue weighted by atomic mass is 32.1. The van der Waals surface area contributed by atoms with Crippen molar-refractivity contribution in [3.63, 3.8) is 0 Å². The Kier molecular flexibility index (Phi) is 2.72. The fourth-order valence-corrected chi connectivity index (χ4v) is 0.550. The fourth-order valence-electron chi connectivity index (χ4n) is 0.181. The summed E-state index contributed by atoms with van der Waals surface area (Å²) in [4.78, 5) is 0. The highest BCUT2D eigenvalue weighted by Crippen LogP contribution is 2.49. The van der Waals surface area contributed by atoms with E-state index in [0.29, 0.717) is 0 Å². The molecule has 0 heterocycles. The largest absolute Gasteiger partial charge is 0.390 e. The van der Waals surface area contributed by atoms with E-state index in [1.165, 1.54) is 0 Å². The van der Waals surface area contributed by atoms with E-state index in [9.17, 15) is 26.3 Å². The molecule has 0 aromatic heterocycles. The minimum Gasteiger partial charge on any atom is -0.191 e. The molecule has 0 bridgehead atoms. The summed E-state index contributed by atoms with van der Waals surface area (Å²) in [7, 11) is 0. The monoisotopic (exact) mass is 216 g/mol. The number of hydrogen-bond donors (Lipinski definition) is 2. The molecule has 0 radical (unpaired) electrons. The van der Waals surface area contributed by atoms with Crippen molar-refractivity contribution in [3.8, 4) is 0 Å². The summed E-state index contributed by atoms with van der Waals surface area (Å²) >= 11 is 4.03. The minimum atomic E-state index is -5.56. The summed E-state index contributed by atoms with van der Waals surface area (Å²) in [6.45, 7) is 0. The quantitative estimate of drug-likeness (QED) is 0.514. The van der Waals surface area contributed by atoms with Crippen molar-refractivity contribution in [1.29, 1.82) is 0 Å². The molecule has 0 saturated heterocycles. The third-order valence-electron chi connectivity index (χ3n) is 0.756. The smallest absolute Gasteiger partial charge is 0.191 e. The van der Waals surface area contributed by atoms with Crippen molar-refractivity contribution in [2.45, 2.75) is 16.4 Å². The van der Waals surface area contributed by atoms with Gasteiger partial charge < -0.3 is 0 Å². The van der Waals surface area contributed by atoms with E-state index in [-0.39, 0.29) is 0 Å². The average molecular weight is 216 g/mol. The molecule has 0 unspecified atom stereocenters. The molecular weight excluding hydrogens is 214 g/mol. The van der Waals surface area contributed by atoms with Crippen molar-refractivity contribution >= 4 is 25.3 Å². The molecule has 0 aliphatic carbocycles. The van der Waals surface area contributed by atoms with Crippen molar-refractivity contribution in [2.75, 3.05) is 0 Å². The van der Waals surface area contributed by atoms with Gasteiger partial charge in [0.05, 0.1) is 0 Å². The van der Waals surface area contributed by atoms with Crippen molar-refractivity contribution in [2.24, 2.45) is 0 Å². The highest BCUT2D eigenvalue weighted by molar-refractivity contribution is 7.82. The summed E-state index contributed by atoms with van der Waals surface area (Å²) in [5.74, 6) is -5.56. The van der Waals surface area contributed by atoms with Crippen molar-refractivity contribution < 1.29 is 26.3 Å². The van der Waals surface area contributed by atoms with Crippen molar-refractivity contribution in [3.05, 3.63) is 0 Å². The third-order valence-corrected chi connectivity index (χ3v) is 1.32. The van der Waals surface area contributed by atoms with E-state index >= 15 is 0 Å². The van der Waals surface area contributed by atoms with Gasteiger partial charge in [-0.3, -0.25) is 0 Å². The molecule has 0 fully saturated rings. The molecule has 0 rings (SSSR count). The molecule has 0 aromatic carbocycles. The molecule has 0 N–H and O–H groups in total. The Bertz CT molecular complexity index is 127. The summed E-state index contributed by atoms with van der Waals surface area (Å²) < 4.78 is 69.9. The number of halogens is 6. The van der Waals surface area contributed by atoms with E-state index in [1.54, 1.807) is 0 Å². The summed E-state index contributed by atoms with van der Waals surface area (Å²) in [6.07, 6.45) is 0. The molecule has 0 atom stereocenters. The lowest BCUT2D eigenvalue weighted by Gasteiger charge is -2.26. The zero-order chi connectivity index (χ0) is 9.50. The first-order chi connectivity index (χ1) is 4.50. The molecule has 68 valence electrons. The van der Waals surface area contributed by atoms with Gasteiger partial charge in [0.2, 0.25) is 0 Å². The Morgan fingerprint density at radius 1 is 0.636 bits per heavy atom. The second kappa shape index (κ2) is 2.65. The van der Waals surface area contributed by atoms with E-state index in [0.717, 1.165) is 0 Å². The van der Waals surface area contributed by atoms with Gasteiger partial charge in [-0.05, 0) is 0 Å². The first-order valence-electron chi connectivity index (χ1n) is 2.08. The van der Waals surface area contributed by atoms with Gasteiger partial charge in [0.15, 0.2) is 0 Å². The molecule has 0 spiro atoms. The molecule has 0 nitrogen and oxygen atoms in total. The van der Waals surface area contributed by atoms with Crippen LogP contribution < -0.4 is 0 Å². The maximum atomic E-state index is 11.8. The Labute approximate surface area is 68.8 Å². The van der Waals surface area contributed by atoms with Crippen LogP contribution in [0.4, 0.5) is 26.3 Å². The number of alkyl halides is 6. The van der Waals surface area contributed by atoms with Crippen LogP contribution in [0.5, 0.6) is 0 Å². The van der Waals surface area contributed by atoms with Crippen LogP contribution in [-0.4, -0.2) is 16.4 Å². The van der Waals surface area contributed by atoms with Gasteiger partial charge in [0.25, 0.3) is 0 Å². The Morgan fingerprint density at radius 3 is 0.818 bits per heavy atom. The second-order valence-corrected chi connectivity index (χ2v) is 2.78. The van der Waals surface area contributed by atoms with Gasteiger partial charge in [0, 0.05) is 0 Å². The van der Waals surface area contributed by atoms with Gasteiger partial charge in [-0.2, -0.15) is 26.3 Å². The Morgan fingerprint density at radius 2 is 0.818 bits per heavy atom. The SMILES string of the molecule is FC(F)(S)C(F)(F)C(F)(F)S. The van der Waals surface area contributed by atoms with Gasteiger partial charge in [-0.25, -0.2) is 0 Å². The van der Waals surface area contributed by atoms with E-state index in [1.807, 2.05) is 25.3 Å². The first kappa shape index (κ1) is 11.3. The van der Waals surface area contributed by atoms with Crippen LogP contribution in [0.1, 0.15) is 0 Å². The zero-order valence-electron chi connectivity index (χ0n) is 4.66. The maximum Gasteiger partial charge on any atom is 0.390 e. The van der Waals surface area contributed by atoms with Gasteiger partial charge in [0.1, 0.15) is 0 Å². The molecule has 0 aliphatic rings. The van der Waals surface area contributed by atoms with Crippen LogP contribution in [0, 0.1) is 0 Å². The van der Waals surface area contributed by atoms with Crippen molar-refractivity contribution in [1.82, 2.24) is 0 Å². The molecular formula is C3H2F6S2. The predicted octanol–water partition coefficient (Wildman–Crippen LogP) is 2.67. The third kappa shape index (κ3) is 2.11. The topological polar surface area (TPSA) is 0 Å².